The predicted molar refractivity (Wildman–Crippen MR) is 69.6 cm³/mol. The third-order valence-electron chi connectivity index (χ3n) is 2.53. The molecule has 7 heteroatoms. The first-order valence-corrected chi connectivity index (χ1v) is 6.20. The lowest BCUT2D eigenvalue weighted by molar-refractivity contribution is 0.0372. The van der Waals surface area contributed by atoms with Crippen molar-refractivity contribution in [1.82, 2.24) is 10.2 Å². The zero-order valence-corrected chi connectivity index (χ0v) is 12.1. The van der Waals surface area contributed by atoms with Gasteiger partial charge in [-0.1, -0.05) is 0 Å². The molecule has 0 aliphatic rings. The number of ether oxygens (including phenoxy) is 3. The van der Waals surface area contributed by atoms with Crippen LogP contribution in [0.5, 0.6) is 0 Å². The van der Waals surface area contributed by atoms with Crippen molar-refractivity contribution in [2.75, 3.05) is 26.9 Å². The lowest BCUT2D eigenvalue weighted by Gasteiger charge is -2.12. The van der Waals surface area contributed by atoms with Crippen molar-refractivity contribution in [2.24, 2.45) is 0 Å². The minimum Gasteiger partial charge on any atom is -0.462 e. The van der Waals surface area contributed by atoms with Gasteiger partial charge >= 0.3 is 11.9 Å². The quantitative estimate of drug-likeness (QED) is 0.569. The number of aryl methyl sites for hydroxylation is 2. The van der Waals surface area contributed by atoms with Gasteiger partial charge in [0.25, 0.3) is 0 Å². The Morgan fingerprint density at radius 1 is 0.950 bits per heavy atom. The Morgan fingerprint density at radius 3 is 1.90 bits per heavy atom. The number of hydrogen-bond donors (Lipinski definition) is 0. The van der Waals surface area contributed by atoms with Crippen LogP contribution < -0.4 is 0 Å². The molecule has 0 atom stereocenters. The fraction of sp³-hybridized carbons (Fsp3) is 0.538. The summed E-state index contributed by atoms with van der Waals surface area (Å²) in [6, 6.07) is 0. The fourth-order valence-corrected chi connectivity index (χ4v) is 1.60. The fourth-order valence-electron chi connectivity index (χ4n) is 1.60. The monoisotopic (exact) mass is 282 g/mol. The molecular weight excluding hydrogens is 264 g/mol. The highest BCUT2D eigenvalue weighted by Gasteiger charge is 2.25. The molecule has 1 aromatic heterocycles. The van der Waals surface area contributed by atoms with E-state index in [0.717, 1.165) is 0 Å². The van der Waals surface area contributed by atoms with Crippen molar-refractivity contribution in [3.8, 4) is 0 Å². The molecular formula is C13H18N2O5. The Morgan fingerprint density at radius 2 is 1.45 bits per heavy atom. The highest BCUT2D eigenvalue weighted by atomic mass is 16.6. The van der Waals surface area contributed by atoms with E-state index < -0.39 is 11.9 Å². The van der Waals surface area contributed by atoms with E-state index in [4.69, 9.17) is 14.2 Å². The second-order valence-electron chi connectivity index (χ2n) is 3.97. The Bertz CT molecular complexity index is 502. The summed E-state index contributed by atoms with van der Waals surface area (Å²) in [5.41, 5.74) is 0.836. The minimum absolute atomic E-state index is 0.0899. The summed E-state index contributed by atoms with van der Waals surface area (Å²) in [4.78, 5) is 24.0. The van der Waals surface area contributed by atoms with Crippen molar-refractivity contribution in [1.29, 1.82) is 0 Å². The molecule has 0 radical (unpaired) electrons. The van der Waals surface area contributed by atoms with E-state index in [1.807, 2.05) is 0 Å². The van der Waals surface area contributed by atoms with E-state index in [1.165, 1.54) is 7.11 Å². The van der Waals surface area contributed by atoms with E-state index in [2.05, 4.69) is 10.2 Å². The summed E-state index contributed by atoms with van der Waals surface area (Å²) in [5.74, 6) is -1.25. The standard InChI is InChI=1S/C13H18N2O5/c1-5-19-12(16)10-8(2)14-15-9(3)11(10)13(17)20-7-6-18-4/h5-7H2,1-4H3. The van der Waals surface area contributed by atoms with Gasteiger partial charge in [0.05, 0.1) is 35.7 Å². The molecule has 0 amide bonds. The summed E-state index contributed by atoms with van der Waals surface area (Å²) in [7, 11) is 1.50. The zero-order valence-electron chi connectivity index (χ0n) is 12.1. The predicted octanol–water partition coefficient (Wildman–Crippen LogP) is 1.07. The molecule has 0 aromatic carbocycles. The molecule has 1 aromatic rings. The maximum Gasteiger partial charge on any atom is 0.341 e. The number of carbonyl (C=O) groups excluding carboxylic acids is 2. The zero-order chi connectivity index (χ0) is 15.1. The van der Waals surface area contributed by atoms with Crippen LogP contribution in [0.15, 0.2) is 0 Å². The molecule has 0 N–H and O–H groups in total. The highest BCUT2D eigenvalue weighted by Crippen LogP contribution is 2.17. The molecule has 0 aliphatic heterocycles. The second kappa shape index (κ2) is 7.54. The Labute approximate surface area is 117 Å². The van der Waals surface area contributed by atoms with Gasteiger partial charge in [0, 0.05) is 7.11 Å². The van der Waals surface area contributed by atoms with Gasteiger partial charge < -0.3 is 14.2 Å². The first kappa shape index (κ1) is 16.0. The van der Waals surface area contributed by atoms with Crippen molar-refractivity contribution in [2.45, 2.75) is 20.8 Å². The van der Waals surface area contributed by atoms with Crippen LogP contribution in [-0.4, -0.2) is 49.1 Å². The number of nitrogens with zero attached hydrogens (tertiary/aromatic N) is 2. The van der Waals surface area contributed by atoms with Gasteiger partial charge in [-0.25, -0.2) is 9.59 Å². The maximum atomic E-state index is 12.1. The Balaban J connectivity index is 3.12. The molecule has 7 nitrogen and oxygen atoms in total. The molecule has 1 rings (SSSR count). The van der Waals surface area contributed by atoms with Gasteiger partial charge in [-0.15, -0.1) is 0 Å². The summed E-state index contributed by atoms with van der Waals surface area (Å²) in [6.07, 6.45) is 0. The van der Waals surface area contributed by atoms with Gasteiger partial charge in [-0.3, -0.25) is 0 Å². The average molecular weight is 282 g/mol. The number of aromatic nitrogens is 2. The van der Waals surface area contributed by atoms with Gasteiger partial charge in [0.1, 0.15) is 6.61 Å². The largest absolute Gasteiger partial charge is 0.462 e. The molecule has 0 unspecified atom stereocenters. The molecule has 0 fully saturated rings. The van der Waals surface area contributed by atoms with Gasteiger partial charge in [0.15, 0.2) is 0 Å². The van der Waals surface area contributed by atoms with E-state index in [-0.39, 0.29) is 30.9 Å². The Kier molecular flexibility index (Phi) is 6.05. The summed E-state index contributed by atoms with van der Waals surface area (Å²) < 4.78 is 14.8. The summed E-state index contributed by atoms with van der Waals surface area (Å²) in [6.45, 7) is 5.44. The lowest BCUT2D eigenvalue weighted by Crippen LogP contribution is -2.20. The summed E-state index contributed by atoms with van der Waals surface area (Å²) >= 11 is 0. The van der Waals surface area contributed by atoms with E-state index in [1.54, 1.807) is 20.8 Å². The number of hydrogen-bond acceptors (Lipinski definition) is 7. The highest BCUT2D eigenvalue weighted by molar-refractivity contribution is 6.04. The molecule has 0 aliphatic carbocycles. The maximum absolute atomic E-state index is 12.1. The van der Waals surface area contributed by atoms with E-state index in [9.17, 15) is 9.59 Å². The number of esters is 2. The van der Waals surface area contributed by atoms with Gasteiger partial charge in [0.2, 0.25) is 0 Å². The van der Waals surface area contributed by atoms with Crippen molar-refractivity contribution in [3.05, 3.63) is 22.5 Å². The van der Waals surface area contributed by atoms with Gasteiger partial charge in [-0.2, -0.15) is 10.2 Å². The first-order chi connectivity index (χ1) is 9.52. The van der Waals surface area contributed by atoms with E-state index >= 15 is 0 Å². The van der Waals surface area contributed by atoms with Crippen LogP contribution in [0.25, 0.3) is 0 Å². The van der Waals surface area contributed by atoms with Crippen molar-refractivity contribution >= 4 is 11.9 Å². The topological polar surface area (TPSA) is 87.6 Å². The van der Waals surface area contributed by atoms with E-state index in [0.29, 0.717) is 11.4 Å². The molecule has 0 spiro atoms. The van der Waals surface area contributed by atoms with Crippen LogP contribution >= 0.6 is 0 Å². The molecule has 0 saturated carbocycles. The minimum atomic E-state index is -0.638. The van der Waals surface area contributed by atoms with Crippen LogP contribution in [-0.2, 0) is 14.2 Å². The molecule has 110 valence electrons. The smallest absolute Gasteiger partial charge is 0.341 e. The SMILES string of the molecule is CCOC(=O)c1c(C)nnc(C)c1C(=O)OCCOC. The number of rotatable bonds is 6. The van der Waals surface area contributed by atoms with Crippen LogP contribution in [0.4, 0.5) is 0 Å². The van der Waals surface area contributed by atoms with Crippen LogP contribution in [0.1, 0.15) is 39.0 Å². The lowest BCUT2D eigenvalue weighted by atomic mass is 10.1. The van der Waals surface area contributed by atoms with Crippen LogP contribution in [0.3, 0.4) is 0 Å². The number of carbonyl (C=O) groups is 2. The third kappa shape index (κ3) is 3.74. The number of methoxy groups -OCH3 is 1. The van der Waals surface area contributed by atoms with Crippen LogP contribution in [0.2, 0.25) is 0 Å². The molecule has 20 heavy (non-hydrogen) atoms. The molecule has 0 saturated heterocycles. The normalized spacial score (nSPS) is 10.2. The summed E-state index contributed by atoms with van der Waals surface area (Å²) in [5, 5.41) is 7.68. The molecule has 1 heterocycles. The third-order valence-corrected chi connectivity index (χ3v) is 2.53. The Hall–Kier alpha value is -2.02. The molecule has 0 bridgehead atoms. The van der Waals surface area contributed by atoms with Gasteiger partial charge in [-0.05, 0) is 20.8 Å². The van der Waals surface area contributed by atoms with Crippen molar-refractivity contribution < 1.29 is 23.8 Å². The first-order valence-electron chi connectivity index (χ1n) is 6.20. The van der Waals surface area contributed by atoms with Crippen LogP contribution in [0, 0.1) is 13.8 Å². The average Bonchev–Trinajstić information content (AvgIpc) is 2.41. The second-order valence-corrected chi connectivity index (χ2v) is 3.97. The van der Waals surface area contributed by atoms with Crippen molar-refractivity contribution in [3.63, 3.8) is 0 Å².